The number of halogens is 2. The summed E-state index contributed by atoms with van der Waals surface area (Å²) < 4.78 is 12.7. The van der Waals surface area contributed by atoms with E-state index in [1.807, 2.05) is 0 Å². The highest BCUT2D eigenvalue weighted by atomic mass is 79.9. The fraction of sp³-hybridized carbons (Fsp3) is 0.556. The average Bonchev–Trinajstić information content (AvgIpc) is 2.64. The number of hydrogen-bond acceptors (Lipinski definition) is 4. The number of piperazine rings is 1. The topological polar surface area (TPSA) is 59.1 Å². The number of hydrogen-bond donors (Lipinski definition) is 0. The summed E-state index contributed by atoms with van der Waals surface area (Å²) in [6.45, 7) is 3.20. The summed E-state index contributed by atoms with van der Waals surface area (Å²) >= 11 is 7.08. The molecule has 2 aliphatic heterocycles. The smallest absolute Gasteiger partial charge is 0.246 e. The van der Waals surface area contributed by atoms with Crippen molar-refractivity contribution < 1.29 is 19.1 Å². The van der Waals surface area contributed by atoms with Crippen molar-refractivity contribution in [2.24, 2.45) is 0 Å². The van der Waals surface area contributed by atoms with Gasteiger partial charge in [-0.05, 0) is 38.3 Å². The van der Waals surface area contributed by atoms with Gasteiger partial charge in [0.05, 0.1) is 36.3 Å². The molecule has 0 aromatic heterocycles. The van der Waals surface area contributed by atoms with E-state index < -0.39 is 6.04 Å². The molecule has 6 nitrogen and oxygen atoms in total. The van der Waals surface area contributed by atoms with Gasteiger partial charge in [0.15, 0.2) is 0 Å². The molecule has 1 atom stereocenters. The van der Waals surface area contributed by atoms with Crippen LogP contribution < -0.4 is 9.47 Å². The van der Waals surface area contributed by atoms with Gasteiger partial charge in [-0.1, -0.05) is 13.3 Å². The van der Waals surface area contributed by atoms with Crippen molar-refractivity contribution in [1.29, 1.82) is 0 Å². The second kappa shape index (κ2) is 7.76. The molecule has 1 fully saturated rings. The number of ether oxygens (including phenoxy) is 2. The van der Waals surface area contributed by atoms with Crippen molar-refractivity contribution in [1.82, 2.24) is 9.80 Å². The lowest BCUT2D eigenvalue weighted by Crippen LogP contribution is -2.61. The maximum atomic E-state index is 13.0. The monoisotopic (exact) mass is 488 g/mol. The highest BCUT2D eigenvalue weighted by Gasteiger charge is 2.44. The number of benzene rings is 1. The second-order valence-electron chi connectivity index (χ2n) is 6.51. The predicted octanol–water partition coefficient (Wildman–Crippen LogP) is 3.12. The molecular weight excluding hydrogens is 468 g/mol. The van der Waals surface area contributed by atoms with Crippen molar-refractivity contribution in [2.75, 3.05) is 27.3 Å². The summed E-state index contributed by atoms with van der Waals surface area (Å²) in [5.74, 6) is 1.35. The van der Waals surface area contributed by atoms with Crippen LogP contribution in [0.5, 0.6) is 11.5 Å². The molecule has 142 valence electrons. The van der Waals surface area contributed by atoms with E-state index in [0.29, 0.717) is 31.0 Å². The van der Waals surface area contributed by atoms with E-state index in [0.717, 1.165) is 32.9 Å². The Labute approximate surface area is 170 Å². The van der Waals surface area contributed by atoms with Crippen LogP contribution >= 0.6 is 31.9 Å². The SMILES string of the molecule is CCCCN1CC(=O)N2Cc3c(c(OC)c(Br)c(Br)c3OC)CC2C1=O. The summed E-state index contributed by atoms with van der Waals surface area (Å²) in [5, 5.41) is 0. The Morgan fingerprint density at radius 3 is 2.23 bits per heavy atom. The zero-order chi connectivity index (χ0) is 19.0. The van der Waals surface area contributed by atoms with Gasteiger partial charge in [-0.3, -0.25) is 9.59 Å². The molecule has 8 heteroatoms. The maximum absolute atomic E-state index is 13.0. The van der Waals surface area contributed by atoms with Gasteiger partial charge in [-0.25, -0.2) is 0 Å². The first kappa shape index (κ1) is 19.5. The lowest BCUT2D eigenvalue weighted by Gasteiger charge is -2.44. The number of carbonyl (C=O) groups is 2. The average molecular weight is 490 g/mol. The summed E-state index contributed by atoms with van der Waals surface area (Å²) in [6, 6.07) is -0.479. The van der Waals surface area contributed by atoms with Crippen LogP contribution in [0.1, 0.15) is 30.9 Å². The van der Waals surface area contributed by atoms with Crippen molar-refractivity contribution in [3.63, 3.8) is 0 Å². The molecule has 1 unspecified atom stereocenters. The quantitative estimate of drug-likeness (QED) is 0.637. The summed E-state index contributed by atoms with van der Waals surface area (Å²) in [7, 11) is 3.20. The first-order valence-corrected chi connectivity index (χ1v) is 10.2. The van der Waals surface area contributed by atoms with Crippen LogP contribution in [0, 0.1) is 0 Å². The molecule has 2 heterocycles. The van der Waals surface area contributed by atoms with Gasteiger partial charge in [-0.15, -0.1) is 0 Å². The van der Waals surface area contributed by atoms with Crippen LogP contribution in [0.3, 0.4) is 0 Å². The molecule has 0 bridgehead atoms. The van der Waals surface area contributed by atoms with Crippen LogP contribution in [0.15, 0.2) is 8.95 Å². The Balaban J connectivity index is 2.04. The Bertz CT molecular complexity index is 753. The number of methoxy groups -OCH3 is 2. The van der Waals surface area contributed by atoms with E-state index >= 15 is 0 Å². The Kier molecular flexibility index (Phi) is 5.81. The summed E-state index contributed by atoms with van der Waals surface area (Å²) in [5.41, 5.74) is 1.80. The number of fused-ring (bicyclic) bond motifs is 2. The van der Waals surface area contributed by atoms with Gasteiger partial charge in [0.2, 0.25) is 11.8 Å². The summed E-state index contributed by atoms with van der Waals surface area (Å²) in [6.07, 6.45) is 2.31. The highest BCUT2D eigenvalue weighted by molar-refractivity contribution is 9.13. The van der Waals surface area contributed by atoms with E-state index in [9.17, 15) is 9.59 Å². The van der Waals surface area contributed by atoms with Gasteiger partial charge < -0.3 is 19.3 Å². The van der Waals surface area contributed by atoms with Crippen LogP contribution in [0.25, 0.3) is 0 Å². The Morgan fingerprint density at radius 2 is 1.65 bits per heavy atom. The largest absolute Gasteiger partial charge is 0.495 e. The number of nitrogens with zero attached hydrogens (tertiary/aromatic N) is 2. The fourth-order valence-corrected chi connectivity index (χ4v) is 4.86. The van der Waals surface area contributed by atoms with Crippen molar-refractivity contribution in [3.05, 3.63) is 20.1 Å². The zero-order valence-electron chi connectivity index (χ0n) is 15.1. The first-order valence-electron chi connectivity index (χ1n) is 8.63. The molecule has 1 saturated heterocycles. The van der Waals surface area contributed by atoms with Crippen LogP contribution in [0.4, 0.5) is 0 Å². The number of carbonyl (C=O) groups excluding carboxylic acids is 2. The van der Waals surface area contributed by atoms with Gasteiger partial charge >= 0.3 is 0 Å². The molecule has 0 saturated carbocycles. The maximum Gasteiger partial charge on any atom is 0.246 e. The third kappa shape index (κ3) is 3.11. The number of amides is 2. The third-order valence-electron chi connectivity index (χ3n) is 5.04. The molecule has 0 N–H and O–H groups in total. The summed E-state index contributed by atoms with van der Waals surface area (Å²) in [4.78, 5) is 29.0. The van der Waals surface area contributed by atoms with Crippen molar-refractivity contribution >= 4 is 43.7 Å². The highest BCUT2D eigenvalue weighted by Crippen LogP contribution is 2.48. The van der Waals surface area contributed by atoms with Gasteiger partial charge in [0.25, 0.3) is 0 Å². The standard InChI is InChI=1S/C18H22Br2N2O4/c1-4-5-6-21-9-13(23)22-8-11-10(7-12(22)18(21)24)16(25-2)14(19)15(20)17(11)26-3/h12H,4-9H2,1-3H3. The van der Waals surface area contributed by atoms with Gasteiger partial charge in [0, 0.05) is 24.1 Å². The normalized spacial score (nSPS) is 19.3. The Hall–Kier alpha value is -1.28. The molecule has 3 rings (SSSR count). The van der Waals surface area contributed by atoms with Crippen LogP contribution in [-0.2, 0) is 22.6 Å². The molecule has 1 aromatic rings. The van der Waals surface area contributed by atoms with Crippen molar-refractivity contribution in [2.45, 2.75) is 38.8 Å². The van der Waals surface area contributed by atoms with E-state index in [-0.39, 0.29) is 18.4 Å². The molecule has 2 aliphatic rings. The van der Waals surface area contributed by atoms with E-state index in [1.54, 1.807) is 24.0 Å². The minimum absolute atomic E-state index is 0.0172. The molecule has 2 amide bonds. The molecular formula is C18H22Br2N2O4. The van der Waals surface area contributed by atoms with Crippen molar-refractivity contribution in [3.8, 4) is 11.5 Å². The first-order chi connectivity index (χ1) is 12.4. The molecule has 26 heavy (non-hydrogen) atoms. The Morgan fingerprint density at radius 1 is 1.04 bits per heavy atom. The second-order valence-corrected chi connectivity index (χ2v) is 8.09. The third-order valence-corrected chi connectivity index (χ3v) is 7.08. The zero-order valence-corrected chi connectivity index (χ0v) is 18.3. The number of unbranched alkanes of at least 4 members (excludes halogenated alkanes) is 1. The van der Waals surface area contributed by atoms with Gasteiger partial charge in [-0.2, -0.15) is 0 Å². The van der Waals surface area contributed by atoms with E-state index in [2.05, 4.69) is 38.8 Å². The molecule has 0 aliphatic carbocycles. The predicted molar refractivity (Wildman–Crippen MR) is 104 cm³/mol. The van der Waals surface area contributed by atoms with E-state index in [4.69, 9.17) is 9.47 Å². The minimum Gasteiger partial charge on any atom is -0.495 e. The lowest BCUT2D eigenvalue weighted by molar-refractivity contribution is -0.157. The number of rotatable bonds is 5. The minimum atomic E-state index is -0.479. The molecule has 1 aromatic carbocycles. The molecule has 0 spiro atoms. The lowest BCUT2D eigenvalue weighted by atomic mass is 9.90. The fourth-order valence-electron chi connectivity index (χ4n) is 3.69. The molecule has 0 radical (unpaired) electrons. The van der Waals surface area contributed by atoms with E-state index in [1.165, 1.54) is 0 Å². The van der Waals surface area contributed by atoms with Crippen LogP contribution in [0.2, 0.25) is 0 Å². The van der Waals surface area contributed by atoms with Gasteiger partial charge in [0.1, 0.15) is 17.5 Å². The van der Waals surface area contributed by atoms with Crippen LogP contribution in [-0.4, -0.2) is 55.0 Å².